The number of halogens is 2. The number of carboxylic acid groups (broad SMARTS) is 1. The fourth-order valence-corrected chi connectivity index (χ4v) is 5.54. The van der Waals surface area contributed by atoms with Gasteiger partial charge in [0, 0.05) is 29.1 Å². The summed E-state index contributed by atoms with van der Waals surface area (Å²) in [7, 11) is 0. The Labute approximate surface area is 219 Å². The van der Waals surface area contributed by atoms with Crippen LogP contribution in [0.1, 0.15) is 67.9 Å². The number of hydrogen-bond acceptors (Lipinski definition) is 4. The Balaban J connectivity index is 1.58. The van der Waals surface area contributed by atoms with Crippen molar-refractivity contribution in [1.29, 1.82) is 0 Å². The molecular weight excluding hydrogens is 485 g/mol. The summed E-state index contributed by atoms with van der Waals surface area (Å²) in [5, 5.41) is 21.3. The summed E-state index contributed by atoms with van der Waals surface area (Å²) in [5.74, 6) is -0.857. The number of rotatable bonds is 13. The van der Waals surface area contributed by atoms with Crippen LogP contribution in [0, 0.1) is 0 Å². The van der Waals surface area contributed by atoms with Gasteiger partial charge in [0.25, 0.3) is 0 Å². The number of aliphatic hydroxyl groups excluding tert-OH is 1. The normalized spacial score (nSPS) is 18.0. The Bertz CT molecular complexity index is 983. The zero-order chi connectivity index (χ0) is 25.4. The SMILES string of the molecule is CCc1cc(C[C@@H]2CCCN2C[C@@H](O)COC(CC)c2cccc(Cl)c2CCC(=O)O)ccc1Cl. The van der Waals surface area contributed by atoms with Crippen LogP contribution in [0.25, 0.3) is 0 Å². The summed E-state index contributed by atoms with van der Waals surface area (Å²) in [6.07, 6.45) is 4.32. The molecule has 1 unspecified atom stereocenters. The summed E-state index contributed by atoms with van der Waals surface area (Å²) in [6, 6.07) is 12.3. The van der Waals surface area contributed by atoms with E-state index >= 15 is 0 Å². The van der Waals surface area contributed by atoms with E-state index < -0.39 is 12.1 Å². The highest BCUT2D eigenvalue weighted by atomic mass is 35.5. The maximum Gasteiger partial charge on any atom is 0.303 e. The molecule has 1 heterocycles. The Kier molecular flexibility index (Phi) is 10.9. The van der Waals surface area contributed by atoms with Gasteiger partial charge in [-0.3, -0.25) is 9.69 Å². The Morgan fingerprint density at radius 3 is 2.71 bits per heavy atom. The number of carboxylic acids is 1. The highest BCUT2D eigenvalue weighted by Gasteiger charge is 2.27. The van der Waals surface area contributed by atoms with Gasteiger partial charge < -0.3 is 14.9 Å². The number of aryl methyl sites for hydroxylation is 1. The van der Waals surface area contributed by atoms with Crippen LogP contribution in [0.15, 0.2) is 36.4 Å². The van der Waals surface area contributed by atoms with Gasteiger partial charge in [-0.15, -0.1) is 0 Å². The second-order valence-electron chi connectivity index (χ2n) is 9.36. The fraction of sp³-hybridized carbons (Fsp3) is 0.536. The van der Waals surface area contributed by atoms with Crippen LogP contribution in [-0.4, -0.2) is 52.9 Å². The van der Waals surface area contributed by atoms with E-state index in [9.17, 15) is 9.90 Å². The Hall–Kier alpha value is -1.63. The largest absolute Gasteiger partial charge is 0.481 e. The molecule has 1 aliphatic rings. The van der Waals surface area contributed by atoms with Crippen LogP contribution >= 0.6 is 23.2 Å². The second-order valence-corrected chi connectivity index (χ2v) is 10.2. The van der Waals surface area contributed by atoms with Gasteiger partial charge in [-0.2, -0.15) is 0 Å². The number of aliphatic carboxylic acids is 1. The molecule has 3 rings (SSSR count). The van der Waals surface area contributed by atoms with Crippen LogP contribution in [0.2, 0.25) is 10.0 Å². The van der Waals surface area contributed by atoms with E-state index in [1.54, 1.807) is 6.07 Å². The molecule has 0 radical (unpaired) electrons. The monoisotopic (exact) mass is 521 g/mol. The highest BCUT2D eigenvalue weighted by Crippen LogP contribution is 2.31. The smallest absolute Gasteiger partial charge is 0.303 e. The molecule has 0 saturated carbocycles. The van der Waals surface area contributed by atoms with Crippen LogP contribution in [0.3, 0.4) is 0 Å². The summed E-state index contributed by atoms with van der Waals surface area (Å²) in [5.41, 5.74) is 4.18. The number of nitrogens with zero attached hydrogens (tertiary/aromatic N) is 1. The predicted octanol–water partition coefficient (Wildman–Crippen LogP) is 6.11. The van der Waals surface area contributed by atoms with Crippen molar-refractivity contribution in [3.63, 3.8) is 0 Å². The molecule has 0 bridgehead atoms. The van der Waals surface area contributed by atoms with Crippen LogP contribution in [-0.2, 0) is 28.8 Å². The number of β-amino-alcohol motifs (C(OH)–C–C–N with tert-alkyl or cyclic N) is 1. The highest BCUT2D eigenvalue weighted by molar-refractivity contribution is 6.31. The number of carbonyl (C=O) groups is 1. The first-order chi connectivity index (χ1) is 16.8. The van der Waals surface area contributed by atoms with Crippen LogP contribution < -0.4 is 0 Å². The predicted molar refractivity (Wildman–Crippen MR) is 142 cm³/mol. The Morgan fingerprint density at radius 2 is 2.00 bits per heavy atom. The van der Waals surface area contributed by atoms with Crippen molar-refractivity contribution >= 4 is 29.2 Å². The molecule has 1 aliphatic heterocycles. The molecule has 0 amide bonds. The molecule has 0 aliphatic carbocycles. The van der Waals surface area contributed by atoms with Crippen molar-refractivity contribution in [1.82, 2.24) is 4.90 Å². The second kappa shape index (κ2) is 13.6. The number of ether oxygens (including phenoxy) is 1. The lowest BCUT2D eigenvalue weighted by Crippen LogP contribution is -2.39. The van der Waals surface area contributed by atoms with Gasteiger partial charge in [0.2, 0.25) is 0 Å². The Morgan fingerprint density at radius 1 is 1.20 bits per heavy atom. The third kappa shape index (κ3) is 7.93. The van der Waals surface area contributed by atoms with Crippen molar-refractivity contribution < 1.29 is 19.7 Å². The third-order valence-electron chi connectivity index (χ3n) is 6.86. The summed E-state index contributed by atoms with van der Waals surface area (Å²) < 4.78 is 6.15. The molecule has 2 N–H and O–H groups in total. The van der Waals surface area contributed by atoms with E-state index in [0.29, 0.717) is 30.5 Å². The van der Waals surface area contributed by atoms with Gasteiger partial charge in [-0.05, 0) is 79.5 Å². The number of benzene rings is 2. The lowest BCUT2D eigenvalue weighted by molar-refractivity contribution is -0.136. The number of hydrogen-bond donors (Lipinski definition) is 2. The zero-order valence-electron chi connectivity index (χ0n) is 20.7. The first-order valence-corrected chi connectivity index (χ1v) is 13.4. The average Bonchev–Trinajstić information content (AvgIpc) is 3.26. The number of aliphatic hydroxyl groups is 1. The molecule has 7 heteroatoms. The fourth-order valence-electron chi connectivity index (χ4n) is 5.02. The van der Waals surface area contributed by atoms with E-state index in [1.807, 2.05) is 25.1 Å². The first kappa shape index (κ1) is 27.9. The minimum absolute atomic E-state index is 0.0134. The van der Waals surface area contributed by atoms with Gasteiger partial charge in [-0.1, -0.05) is 61.3 Å². The van der Waals surface area contributed by atoms with E-state index in [0.717, 1.165) is 48.4 Å². The minimum Gasteiger partial charge on any atom is -0.481 e. The van der Waals surface area contributed by atoms with Gasteiger partial charge in [0.15, 0.2) is 0 Å². The van der Waals surface area contributed by atoms with Crippen molar-refractivity contribution in [2.24, 2.45) is 0 Å². The molecule has 3 atom stereocenters. The molecule has 0 spiro atoms. The van der Waals surface area contributed by atoms with Gasteiger partial charge in [-0.25, -0.2) is 0 Å². The van der Waals surface area contributed by atoms with Crippen molar-refractivity contribution in [2.75, 3.05) is 19.7 Å². The van der Waals surface area contributed by atoms with Crippen LogP contribution in [0.4, 0.5) is 0 Å². The quantitative estimate of drug-likeness (QED) is 0.332. The summed E-state index contributed by atoms with van der Waals surface area (Å²) in [6.45, 7) is 5.89. The maximum absolute atomic E-state index is 11.1. The molecule has 2 aromatic rings. The third-order valence-corrected chi connectivity index (χ3v) is 7.58. The minimum atomic E-state index is -0.857. The topological polar surface area (TPSA) is 70.0 Å². The average molecular weight is 523 g/mol. The van der Waals surface area contributed by atoms with Crippen molar-refractivity contribution in [3.05, 3.63) is 68.7 Å². The molecule has 0 aromatic heterocycles. The molecule has 1 fully saturated rings. The lowest BCUT2D eigenvalue weighted by Gasteiger charge is -2.28. The molecule has 1 saturated heterocycles. The summed E-state index contributed by atoms with van der Waals surface area (Å²) in [4.78, 5) is 13.5. The van der Waals surface area contributed by atoms with Crippen molar-refractivity contribution in [2.45, 2.75) is 77.0 Å². The lowest BCUT2D eigenvalue weighted by atomic mass is 9.97. The standard InChI is InChI=1S/C28H37Cl2NO4/c1-3-20-15-19(10-12-25(20)29)16-21-7-6-14-31(21)17-22(32)18-35-27(4-2)24-8-5-9-26(30)23(24)11-13-28(33)34/h5,8-10,12,15,21-22,27,32H,3-4,6-7,11,13-14,16-18H2,1-2H3,(H,33,34)/t21-,22+,27?/m0/s1. The molecule has 35 heavy (non-hydrogen) atoms. The van der Waals surface area contributed by atoms with Gasteiger partial charge in [0.1, 0.15) is 0 Å². The van der Waals surface area contributed by atoms with Crippen molar-refractivity contribution in [3.8, 4) is 0 Å². The maximum atomic E-state index is 11.1. The zero-order valence-corrected chi connectivity index (χ0v) is 22.2. The van der Waals surface area contributed by atoms with E-state index in [4.69, 9.17) is 33.0 Å². The van der Waals surface area contributed by atoms with Crippen LogP contribution in [0.5, 0.6) is 0 Å². The summed E-state index contributed by atoms with van der Waals surface area (Å²) >= 11 is 12.7. The van der Waals surface area contributed by atoms with Gasteiger partial charge in [0.05, 0.1) is 18.8 Å². The molecule has 2 aromatic carbocycles. The molecule has 192 valence electrons. The van der Waals surface area contributed by atoms with Gasteiger partial charge >= 0.3 is 5.97 Å². The molecule has 5 nitrogen and oxygen atoms in total. The van der Waals surface area contributed by atoms with E-state index in [1.165, 1.54) is 11.1 Å². The van der Waals surface area contributed by atoms with E-state index in [2.05, 4.69) is 24.0 Å². The first-order valence-electron chi connectivity index (χ1n) is 12.6. The number of likely N-dealkylation sites (tertiary alicyclic amines) is 1. The molecular formula is C28H37Cl2NO4. The van der Waals surface area contributed by atoms with E-state index in [-0.39, 0.29) is 19.1 Å².